The maximum Gasteiger partial charge on any atom is 0.325 e. The molecular weight excluding hydrogens is 266 g/mol. The number of rotatable bonds is 3. The van der Waals surface area contributed by atoms with Gasteiger partial charge in [-0.15, -0.1) is 0 Å². The molecule has 0 bridgehead atoms. The van der Waals surface area contributed by atoms with Crippen molar-refractivity contribution in [2.75, 3.05) is 13.7 Å². The Balaban J connectivity index is 2.22. The lowest BCUT2D eigenvalue weighted by atomic mass is 10.4. The number of carbonyl (C=O) groups excluding carboxylic acids is 1. The van der Waals surface area contributed by atoms with Gasteiger partial charge in [0.05, 0.1) is 12.0 Å². The van der Waals surface area contributed by atoms with Gasteiger partial charge in [0.15, 0.2) is 0 Å². The Kier molecular flexibility index (Phi) is 3.11. The lowest BCUT2D eigenvalue weighted by molar-refractivity contribution is -0.140. The van der Waals surface area contributed by atoms with E-state index in [1.165, 1.54) is 31.4 Å². The molecule has 0 amide bonds. The minimum Gasteiger partial charge on any atom is -0.468 e. The topological polar surface area (TPSA) is 63.5 Å². The molecule has 0 radical (unpaired) electrons. The molecule has 7 heteroatoms. The zero-order valence-electron chi connectivity index (χ0n) is 8.96. The molecule has 0 aromatic heterocycles. The van der Waals surface area contributed by atoms with Crippen LogP contribution in [0, 0.1) is 0 Å². The van der Waals surface area contributed by atoms with Gasteiger partial charge in [-0.2, -0.15) is 4.31 Å². The molecule has 0 spiro atoms. The van der Waals surface area contributed by atoms with Crippen molar-refractivity contribution in [2.24, 2.45) is 0 Å². The maximum absolute atomic E-state index is 12.0. The van der Waals surface area contributed by atoms with Crippen molar-refractivity contribution in [1.82, 2.24) is 4.31 Å². The number of halogens is 1. The Morgan fingerprint density at radius 1 is 1.41 bits per heavy atom. The fraction of sp³-hybridized carbons (Fsp3) is 0.300. The summed E-state index contributed by atoms with van der Waals surface area (Å²) in [6.45, 7) is 0.164. The molecule has 5 nitrogen and oxygen atoms in total. The van der Waals surface area contributed by atoms with Gasteiger partial charge < -0.3 is 4.74 Å². The summed E-state index contributed by atoms with van der Waals surface area (Å²) in [5, 5.41) is 0.458. The van der Waals surface area contributed by atoms with Crippen molar-refractivity contribution in [3.8, 4) is 0 Å². The molecule has 2 rings (SSSR count). The van der Waals surface area contributed by atoms with Crippen LogP contribution in [0.4, 0.5) is 0 Å². The lowest BCUT2D eigenvalue weighted by Gasteiger charge is -2.05. The van der Waals surface area contributed by atoms with Crippen LogP contribution in [0.2, 0.25) is 5.02 Å². The summed E-state index contributed by atoms with van der Waals surface area (Å²) in [5.74, 6) is -0.539. The third-order valence-corrected chi connectivity index (χ3v) is 4.60. The number of ether oxygens (including phenoxy) is 1. The third-order valence-electron chi connectivity index (χ3n) is 2.46. The quantitative estimate of drug-likeness (QED) is 0.607. The number of hydrogen-bond acceptors (Lipinski definition) is 4. The smallest absolute Gasteiger partial charge is 0.325 e. The fourth-order valence-electron chi connectivity index (χ4n) is 1.46. The summed E-state index contributed by atoms with van der Waals surface area (Å²) >= 11 is 5.68. The zero-order chi connectivity index (χ0) is 12.6. The lowest BCUT2D eigenvalue weighted by Crippen LogP contribution is -2.20. The molecule has 1 aliphatic heterocycles. The SMILES string of the molecule is COC(=O)C1CN1S(=O)(=O)c1ccc(Cl)cc1. The molecule has 1 aromatic rings. The summed E-state index contributed by atoms with van der Waals surface area (Å²) in [5.41, 5.74) is 0. The van der Waals surface area contributed by atoms with Gasteiger partial charge in [0.25, 0.3) is 0 Å². The Hall–Kier alpha value is -1.11. The second-order valence-corrected chi connectivity index (χ2v) is 5.89. The standard InChI is InChI=1S/C10H10ClNO4S/c1-16-10(13)9-6-12(9)17(14,15)8-4-2-7(11)3-5-8/h2-5,9H,6H2,1H3. The first kappa shape index (κ1) is 12.3. The highest BCUT2D eigenvalue weighted by Crippen LogP contribution is 2.29. The van der Waals surface area contributed by atoms with Crippen LogP contribution < -0.4 is 0 Å². The number of benzene rings is 1. The van der Waals surface area contributed by atoms with Crippen LogP contribution in [0.25, 0.3) is 0 Å². The van der Waals surface area contributed by atoms with Gasteiger partial charge in [0.2, 0.25) is 10.0 Å². The predicted molar refractivity (Wildman–Crippen MR) is 61.1 cm³/mol. The Morgan fingerprint density at radius 2 is 2.00 bits per heavy atom. The summed E-state index contributed by atoms with van der Waals surface area (Å²) in [4.78, 5) is 11.3. The molecule has 1 aliphatic rings. The third kappa shape index (κ3) is 2.29. The number of nitrogens with zero attached hydrogens (tertiary/aromatic N) is 1. The van der Waals surface area contributed by atoms with E-state index in [1.54, 1.807) is 0 Å². The molecule has 0 saturated carbocycles. The van der Waals surface area contributed by atoms with Crippen LogP contribution in [-0.2, 0) is 19.6 Å². The Bertz CT molecular complexity index is 540. The molecule has 1 saturated heterocycles. The molecule has 1 aromatic carbocycles. The summed E-state index contributed by atoms with van der Waals surface area (Å²) < 4.78 is 29.6. The highest BCUT2D eigenvalue weighted by atomic mass is 35.5. The first-order valence-corrected chi connectivity index (χ1v) is 6.64. The Morgan fingerprint density at radius 3 is 2.53 bits per heavy atom. The zero-order valence-corrected chi connectivity index (χ0v) is 10.5. The van der Waals surface area contributed by atoms with Gasteiger partial charge in [-0.3, -0.25) is 4.79 Å². The normalized spacial score (nSPS) is 23.2. The number of esters is 1. The number of methoxy groups -OCH3 is 1. The van der Waals surface area contributed by atoms with Gasteiger partial charge in [0.1, 0.15) is 6.04 Å². The van der Waals surface area contributed by atoms with Gasteiger partial charge >= 0.3 is 5.97 Å². The average molecular weight is 276 g/mol. The monoisotopic (exact) mass is 275 g/mol. The van der Waals surface area contributed by atoms with Crippen LogP contribution in [0.1, 0.15) is 0 Å². The summed E-state index contributed by atoms with van der Waals surface area (Å²) in [6, 6.07) is 5.10. The van der Waals surface area contributed by atoms with E-state index in [1.807, 2.05) is 0 Å². The van der Waals surface area contributed by atoms with Crippen molar-refractivity contribution in [1.29, 1.82) is 0 Å². The molecule has 0 N–H and O–H groups in total. The van der Waals surface area contributed by atoms with E-state index < -0.39 is 22.0 Å². The van der Waals surface area contributed by atoms with Crippen LogP contribution in [0.5, 0.6) is 0 Å². The van der Waals surface area contributed by atoms with Gasteiger partial charge in [-0.05, 0) is 24.3 Å². The van der Waals surface area contributed by atoms with Gasteiger partial charge in [0, 0.05) is 11.6 Å². The largest absolute Gasteiger partial charge is 0.468 e. The van der Waals surface area contributed by atoms with Crippen molar-refractivity contribution in [2.45, 2.75) is 10.9 Å². The maximum atomic E-state index is 12.0. The van der Waals surface area contributed by atoms with E-state index in [2.05, 4.69) is 4.74 Å². The molecule has 1 fully saturated rings. The van der Waals surface area contributed by atoms with E-state index in [0.717, 1.165) is 4.31 Å². The van der Waals surface area contributed by atoms with E-state index in [0.29, 0.717) is 5.02 Å². The van der Waals surface area contributed by atoms with Crippen molar-refractivity contribution in [3.63, 3.8) is 0 Å². The van der Waals surface area contributed by atoms with Gasteiger partial charge in [-0.1, -0.05) is 11.6 Å². The molecule has 2 unspecified atom stereocenters. The molecule has 17 heavy (non-hydrogen) atoms. The minimum atomic E-state index is -3.61. The Labute approximate surface area is 104 Å². The highest BCUT2D eigenvalue weighted by molar-refractivity contribution is 7.89. The summed E-state index contributed by atoms with van der Waals surface area (Å²) in [7, 11) is -2.38. The summed E-state index contributed by atoms with van der Waals surface area (Å²) in [6.07, 6.45) is 0. The van der Waals surface area contributed by atoms with Crippen LogP contribution in [0.3, 0.4) is 0 Å². The average Bonchev–Trinajstić information content (AvgIpc) is 3.09. The predicted octanol–water partition coefficient (Wildman–Crippen LogP) is 0.886. The van der Waals surface area contributed by atoms with Gasteiger partial charge in [-0.25, -0.2) is 8.42 Å². The number of hydrogen-bond donors (Lipinski definition) is 0. The van der Waals surface area contributed by atoms with E-state index >= 15 is 0 Å². The van der Waals surface area contributed by atoms with Crippen LogP contribution >= 0.6 is 11.6 Å². The van der Waals surface area contributed by atoms with Crippen molar-refractivity contribution < 1.29 is 17.9 Å². The second-order valence-electron chi connectivity index (χ2n) is 3.57. The molecule has 2 atom stereocenters. The minimum absolute atomic E-state index is 0.119. The molecule has 92 valence electrons. The number of carbonyl (C=O) groups is 1. The number of sulfonamides is 1. The van der Waals surface area contributed by atoms with E-state index in [-0.39, 0.29) is 11.4 Å². The highest BCUT2D eigenvalue weighted by Gasteiger charge is 2.50. The first-order chi connectivity index (χ1) is 7.96. The van der Waals surface area contributed by atoms with E-state index in [9.17, 15) is 13.2 Å². The first-order valence-electron chi connectivity index (χ1n) is 4.82. The fourth-order valence-corrected chi connectivity index (χ4v) is 3.09. The van der Waals surface area contributed by atoms with Crippen LogP contribution in [-0.4, -0.2) is 38.4 Å². The molecular formula is C10H10ClNO4S. The van der Waals surface area contributed by atoms with Crippen molar-refractivity contribution in [3.05, 3.63) is 29.3 Å². The van der Waals surface area contributed by atoms with Crippen LogP contribution in [0.15, 0.2) is 29.2 Å². The second kappa shape index (κ2) is 4.29. The van der Waals surface area contributed by atoms with Crippen molar-refractivity contribution >= 4 is 27.6 Å². The molecule has 1 heterocycles. The molecule has 0 aliphatic carbocycles. The van der Waals surface area contributed by atoms with E-state index in [4.69, 9.17) is 11.6 Å².